The Hall–Kier alpha value is -2.29. The van der Waals surface area contributed by atoms with Crippen molar-refractivity contribution in [3.05, 3.63) is 59.7 Å². The van der Waals surface area contributed by atoms with Crippen LogP contribution in [0.15, 0.2) is 48.5 Å². The van der Waals surface area contributed by atoms with E-state index in [1.54, 1.807) is 0 Å². The number of hydrogen-bond donors (Lipinski definition) is 1. The summed E-state index contributed by atoms with van der Waals surface area (Å²) in [6, 6.07) is 16.2. The smallest absolute Gasteiger partial charge is 0.235 e. The number of rotatable bonds is 6. The number of hydrogen-bond acceptors (Lipinski definition) is 2. The van der Waals surface area contributed by atoms with Crippen molar-refractivity contribution < 1.29 is 9.53 Å². The molecule has 138 valence electrons. The Morgan fingerprint density at radius 2 is 1.65 bits per heavy atom. The molecule has 0 radical (unpaired) electrons. The molecule has 2 aromatic carbocycles. The van der Waals surface area contributed by atoms with Crippen molar-refractivity contribution in [1.29, 1.82) is 0 Å². The molecule has 1 saturated carbocycles. The summed E-state index contributed by atoms with van der Waals surface area (Å²) in [4.78, 5) is 13.3. The number of amides is 1. The maximum absolute atomic E-state index is 13.3. The monoisotopic (exact) mass is 351 g/mol. The van der Waals surface area contributed by atoms with Crippen LogP contribution in [-0.4, -0.2) is 12.5 Å². The molecule has 0 unspecified atom stereocenters. The normalized spacial score (nSPS) is 16.1. The number of anilines is 1. The van der Waals surface area contributed by atoms with E-state index in [9.17, 15) is 4.79 Å². The maximum Gasteiger partial charge on any atom is 0.235 e. The minimum atomic E-state index is -0.413. The van der Waals surface area contributed by atoms with E-state index in [4.69, 9.17) is 4.74 Å². The van der Waals surface area contributed by atoms with E-state index < -0.39 is 5.41 Å². The van der Waals surface area contributed by atoms with E-state index in [-0.39, 0.29) is 5.91 Å². The van der Waals surface area contributed by atoms with Crippen LogP contribution >= 0.6 is 0 Å². The molecule has 1 aliphatic rings. The third-order valence-corrected chi connectivity index (χ3v) is 5.33. The third kappa shape index (κ3) is 4.09. The van der Waals surface area contributed by atoms with Gasteiger partial charge in [0.05, 0.1) is 12.0 Å². The maximum atomic E-state index is 13.3. The molecule has 1 N–H and O–H groups in total. The highest BCUT2D eigenvalue weighted by molar-refractivity contribution is 5.99. The van der Waals surface area contributed by atoms with Crippen LogP contribution in [0.2, 0.25) is 0 Å². The molecule has 0 aliphatic heterocycles. The van der Waals surface area contributed by atoms with Gasteiger partial charge in [0, 0.05) is 5.69 Å². The highest BCUT2D eigenvalue weighted by Crippen LogP contribution is 2.40. The van der Waals surface area contributed by atoms with Crippen LogP contribution in [0, 0.1) is 6.92 Å². The Bertz CT molecular complexity index is 713. The third-order valence-electron chi connectivity index (χ3n) is 5.33. The molecular weight excluding hydrogens is 322 g/mol. The summed E-state index contributed by atoms with van der Waals surface area (Å²) in [5.41, 5.74) is 2.78. The van der Waals surface area contributed by atoms with Gasteiger partial charge >= 0.3 is 0 Å². The van der Waals surface area contributed by atoms with Gasteiger partial charge < -0.3 is 10.1 Å². The van der Waals surface area contributed by atoms with Gasteiger partial charge in [0.2, 0.25) is 5.91 Å². The molecule has 3 nitrogen and oxygen atoms in total. The summed E-state index contributed by atoms with van der Waals surface area (Å²) in [5, 5.41) is 3.15. The van der Waals surface area contributed by atoms with Gasteiger partial charge in [0.15, 0.2) is 0 Å². The van der Waals surface area contributed by atoms with E-state index >= 15 is 0 Å². The lowest BCUT2D eigenvalue weighted by atomic mass is 9.68. The highest BCUT2D eigenvalue weighted by Gasteiger charge is 2.41. The molecule has 3 heteroatoms. The van der Waals surface area contributed by atoms with Gasteiger partial charge in [-0.3, -0.25) is 4.79 Å². The van der Waals surface area contributed by atoms with Gasteiger partial charge in [-0.15, -0.1) is 0 Å². The van der Waals surface area contributed by atoms with Gasteiger partial charge in [-0.05, 0) is 56.0 Å². The Labute approximate surface area is 156 Å². The minimum absolute atomic E-state index is 0.114. The lowest BCUT2D eigenvalue weighted by molar-refractivity contribution is -0.122. The molecule has 1 amide bonds. The largest absolute Gasteiger partial charge is 0.494 e. The van der Waals surface area contributed by atoms with Gasteiger partial charge in [-0.1, -0.05) is 56.0 Å². The molecule has 0 aromatic heterocycles. The van der Waals surface area contributed by atoms with Crippen LogP contribution in [0.5, 0.6) is 5.75 Å². The molecule has 1 fully saturated rings. The molecule has 0 atom stereocenters. The average Bonchev–Trinajstić information content (AvgIpc) is 2.68. The van der Waals surface area contributed by atoms with Crippen LogP contribution in [0.4, 0.5) is 5.69 Å². The fourth-order valence-electron chi connectivity index (χ4n) is 3.78. The Balaban J connectivity index is 1.78. The zero-order valence-corrected chi connectivity index (χ0v) is 15.9. The van der Waals surface area contributed by atoms with E-state index in [0.717, 1.165) is 49.1 Å². The van der Waals surface area contributed by atoms with Crippen molar-refractivity contribution in [3.8, 4) is 5.75 Å². The molecule has 1 aliphatic carbocycles. The second kappa shape index (κ2) is 8.39. The van der Waals surface area contributed by atoms with E-state index in [2.05, 4.69) is 43.4 Å². The van der Waals surface area contributed by atoms with Crippen molar-refractivity contribution in [2.75, 3.05) is 11.9 Å². The van der Waals surface area contributed by atoms with Gasteiger partial charge in [0.1, 0.15) is 5.75 Å². The summed E-state index contributed by atoms with van der Waals surface area (Å²) in [7, 11) is 0. The van der Waals surface area contributed by atoms with Crippen LogP contribution in [0.25, 0.3) is 0 Å². The molecule has 26 heavy (non-hydrogen) atoms. The molecule has 2 aromatic rings. The van der Waals surface area contributed by atoms with Crippen LogP contribution in [-0.2, 0) is 10.2 Å². The van der Waals surface area contributed by atoms with Crippen molar-refractivity contribution in [1.82, 2.24) is 0 Å². The number of carbonyl (C=O) groups excluding carboxylic acids is 1. The summed E-state index contributed by atoms with van der Waals surface area (Å²) in [6.07, 6.45) is 6.23. The second-order valence-corrected chi connectivity index (χ2v) is 7.34. The summed E-state index contributed by atoms with van der Waals surface area (Å²) >= 11 is 0. The predicted molar refractivity (Wildman–Crippen MR) is 107 cm³/mol. The second-order valence-electron chi connectivity index (χ2n) is 7.34. The fraction of sp³-hybridized carbons (Fsp3) is 0.435. The summed E-state index contributed by atoms with van der Waals surface area (Å²) < 4.78 is 5.62. The van der Waals surface area contributed by atoms with Crippen molar-refractivity contribution in [3.63, 3.8) is 0 Å². The molecule has 3 rings (SSSR count). The first-order chi connectivity index (χ1) is 12.6. The van der Waals surface area contributed by atoms with Gasteiger partial charge in [-0.2, -0.15) is 0 Å². The lowest BCUT2D eigenvalue weighted by Crippen LogP contribution is -2.42. The number of nitrogens with one attached hydrogen (secondary N) is 1. The van der Waals surface area contributed by atoms with E-state index in [1.807, 2.05) is 24.3 Å². The highest BCUT2D eigenvalue weighted by atomic mass is 16.5. The number of aryl methyl sites for hydroxylation is 1. The van der Waals surface area contributed by atoms with Crippen molar-refractivity contribution in [2.45, 2.75) is 57.8 Å². The number of benzene rings is 2. The standard InChI is InChI=1S/C23H29NO2/c1-3-17-26-21-13-11-20(12-14-21)24-22(25)23(15-5-4-6-16-23)19-9-7-18(2)8-10-19/h7-14H,3-6,15-17H2,1-2H3,(H,24,25). The summed E-state index contributed by atoms with van der Waals surface area (Å²) in [6.45, 7) is 4.88. The van der Waals surface area contributed by atoms with E-state index in [1.165, 1.54) is 12.0 Å². The molecule has 0 spiro atoms. The Morgan fingerprint density at radius 1 is 1.00 bits per heavy atom. The Kier molecular flexibility index (Phi) is 5.97. The summed E-state index contributed by atoms with van der Waals surface area (Å²) in [5.74, 6) is 0.957. The topological polar surface area (TPSA) is 38.3 Å². The minimum Gasteiger partial charge on any atom is -0.494 e. The quantitative estimate of drug-likeness (QED) is 0.733. The molecule has 0 bridgehead atoms. The molecule has 0 saturated heterocycles. The van der Waals surface area contributed by atoms with Gasteiger partial charge in [-0.25, -0.2) is 0 Å². The van der Waals surface area contributed by atoms with Crippen molar-refractivity contribution in [2.24, 2.45) is 0 Å². The first-order valence-corrected chi connectivity index (χ1v) is 9.75. The average molecular weight is 351 g/mol. The van der Waals surface area contributed by atoms with E-state index in [0.29, 0.717) is 6.61 Å². The fourth-order valence-corrected chi connectivity index (χ4v) is 3.78. The molecule has 0 heterocycles. The lowest BCUT2D eigenvalue weighted by Gasteiger charge is -2.36. The van der Waals surface area contributed by atoms with Crippen LogP contribution in [0.1, 0.15) is 56.6 Å². The van der Waals surface area contributed by atoms with Crippen molar-refractivity contribution >= 4 is 11.6 Å². The first kappa shape index (κ1) is 18.5. The SMILES string of the molecule is CCCOc1ccc(NC(=O)C2(c3ccc(C)cc3)CCCCC2)cc1. The van der Waals surface area contributed by atoms with Crippen LogP contribution < -0.4 is 10.1 Å². The van der Waals surface area contributed by atoms with Gasteiger partial charge in [0.25, 0.3) is 0 Å². The predicted octanol–water partition coefficient (Wildman–Crippen LogP) is 5.62. The first-order valence-electron chi connectivity index (χ1n) is 9.75. The zero-order chi connectivity index (χ0) is 18.4. The Morgan fingerprint density at radius 3 is 2.27 bits per heavy atom. The van der Waals surface area contributed by atoms with Crippen LogP contribution in [0.3, 0.4) is 0 Å². The molecular formula is C23H29NO2. The number of carbonyl (C=O) groups is 1. The zero-order valence-electron chi connectivity index (χ0n) is 15.9. The number of ether oxygens (including phenoxy) is 1.